The van der Waals surface area contributed by atoms with Crippen molar-refractivity contribution in [2.75, 3.05) is 11.9 Å². The number of amides is 1. The van der Waals surface area contributed by atoms with Crippen LogP contribution in [0.5, 0.6) is 0 Å². The van der Waals surface area contributed by atoms with Gasteiger partial charge in [-0.15, -0.1) is 21.5 Å². The van der Waals surface area contributed by atoms with Gasteiger partial charge in [0.15, 0.2) is 5.01 Å². The Kier molecular flexibility index (Phi) is 5.48. The largest absolute Gasteiger partial charge is 0.311 e. The molecule has 1 aliphatic carbocycles. The Bertz CT molecular complexity index is 1300. The number of hydrogen-bond donors (Lipinski definition) is 1. The van der Waals surface area contributed by atoms with Crippen molar-refractivity contribution in [1.29, 1.82) is 0 Å². The fraction of sp³-hybridized carbons (Fsp3) is 0.208. The molecule has 1 fully saturated rings. The van der Waals surface area contributed by atoms with E-state index in [0.29, 0.717) is 17.3 Å². The minimum absolute atomic E-state index is 0.111. The minimum atomic E-state index is -0.111. The van der Waals surface area contributed by atoms with Gasteiger partial charge in [0.25, 0.3) is 5.91 Å². The molecule has 1 amide bonds. The van der Waals surface area contributed by atoms with Crippen LogP contribution >= 0.6 is 11.3 Å². The molecule has 7 nitrogen and oxygen atoms in total. The van der Waals surface area contributed by atoms with E-state index in [2.05, 4.69) is 42.8 Å². The standard InChI is InChI=1S/C24H20N6OS/c1-30(24(31)19-11-9-18(10-12-19)23-26-28-29-27-23)20-7-2-4-16(14-20)8-13-22-25-21(15-32-22)17-5-3-6-17/h2,4,7,9-12,14-15,17H,3,5-6H2,1H3,(H,26,27,28,29). The summed E-state index contributed by atoms with van der Waals surface area (Å²) < 4.78 is 0. The van der Waals surface area contributed by atoms with Gasteiger partial charge in [-0.1, -0.05) is 30.5 Å². The number of anilines is 1. The Morgan fingerprint density at radius 1 is 1.16 bits per heavy atom. The van der Waals surface area contributed by atoms with Gasteiger partial charge in [-0.3, -0.25) is 4.79 Å². The van der Waals surface area contributed by atoms with Crippen LogP contribution < -0.4 is 4.90 Å². The molecule has 2 heterocycles. The summed E-state index contributed by atoms with van der Waals surface area (Å²) in [5, 5.41) is 16.8. The number of thiazole rings is 1. The molecule has 8 heteroatoms. The van der Waals surface area contributed by atoms with Crippen molar-refractivity contribution < 1.29 is 4.79 Å². The third-order valence-electron chi connectivity index (χ3n) is 5.63. The molecule has 158 valence electrons. The first-order valence-electron chi connectivity index (χ1n) is 10.4. The first-order chi connectivity index (χ1) is 15.7. The van der Waals surface area contributed by atoms with Crippen LogP contribution in [0, 0.1) is 11.8 Å². The van der Waals surface area contributed by atoms with E-state index in [-0.39, 0.29) is 5.91 Å². The molecule has 0 spiro atoms. The summed E-state index contributed by atoms with van der Waals surface area (Å²) in [5.41, 5.74) is 4.16. The van der Waals surface area contributed by atoms with Gasteiger partial charge >= 0.3 is 0 Å². The van der Waals surface area contributed by atoms with E-state index in [1.807, 2.05) is 24.3 Å². The van der Waals surface area contributed by atoms with E-state index < -0.39 is 0 Å². The highest BCUT2D eigenvalue weighted by Crippen LogP contribution is 2.36. The van der Waals surface area contributed by atoms with Gasteiger partial charge in [0.1, 0.15) is 0 Å². The lowest BCUT2D eigenvalue weighted by molar-refractivity contribution is 0.0993. The first-order valence-corrected chi connectivity index (χ1v) is 11.2. The number of rotatable bonds is 4. The maximum Gasteiger partial charge on any atom is 0.258 e. The zero-order valence-corrected chi connectivity index (χ0v) is 18.3. The van der Waals surface area contributed by atoms with E-state index in [4.69, 9.17) is 0 Å². The predicted molar refractivity (Wildman–Crippen MR) is 123 cm³/mol. The van der Waals surface area contributed by atoms with Crippen LogP contribution in [0.2, 0.25) is 0 Å². The second-order valence-corrected chi connectivity index (χ2v) is 8.54. The lowest BCUT2D eigenvalue weighted by Gasteiger charge is -2.22. The van der Waals surface area contributed by atoms with Gasteiger partial charge < -0.3 is 4.90 Å². The summed E-state index contributed by atoms with van der Waals surface area (Å²) in [4.78, 5) is 19.2. The molecule has 1 saturated carbocycles. The van der Waals surface area contributed by atoms with Gasteiger partial charge in [-0.2, -0.15) is 5.21 Å². The molecule has 0 saturated heterocycles. The van der Waals surface area contributed by atoms with Gasteiger partial charge in [-0.25, -0.2) is 4.98 Å². The number of tetrazole rings is 1. The van der Waals surface area contributed by atoms with E-state index in [1.165, 1.54) is 25.0 Å². The average molecular weight is 441 g/mol. The lowest BCUT2D eigenvalue weighted by atomic mass is 9.83. The summed E-state index contributed by atoms with van der Waals surface area (Å²) >= 11 is 1.60. The number of H-pyrrole nitrogens is 1. The summed E-state index contributed by atoms with van der Waals surface area (Å²) in [7, 11) is 1.76. The molecule has 0 unspecified atom stereocenters. The zero-order valence-electron chi connectivity index (χ0n) is 17.4. The number of nitrogens with one attached hydrogen (secondary N) is 1. The third-order valence-corrected chi connectivity index (χ3v) is 6.41. The molecule has 32 heavy (non-hydrogen) atoms. The third kappa shape index (κ3) is 4.15. The average Bonchev–Trinajstić information content (AvgIpc) is 3.49. The van der Waals surface area contributed by atoms with Gasteiger partial charge in [-0.05, 0) is 54.3 Å². The molecule has 4 aromatic rings. The zero-order chi connectivity index (χ0) is 21.9. The number of nitrogens with zero attached hydrogens (tertiary/aromatic N) is 5. The van der Waals surface area contributed by atoms with Crippen molar-refractivity contribution in [2.45, 2.75) is 25.2 Å². The molecule has 1 N–H and O–H groups in total. The summed E-state index contributed by atoms with van der Waals surface area (Å²) in [6.07, 6.45) is 3.77. The molecule has 0 aliphatic heterocycles. The second-order valence-electron chi connectivity index (χ2n) is 7.68. The second kappa shape index (κ2) is 8.73. The van der Waals surface area contributed by atoms with Crippen LogP contribution in [0.3, 0.4) is 0 Å². The monoisotopic (exact) mass is 440 g/mol. The minimum Gasteiger partial charge on any atom is -0.311 e. The summed E-state index contributed by atoms with van der Waals surface area (Å²) in [5.74, 6) is 7.34. The first kappa shape index (κ1) is 20.1. The summed E-state index contributed by atoms with van der Waals surface area (Å²) in [6, 6.07) is 14.8. The number of hydrogen-bond acceptors (Lipinski definition) is 6. The molecular weight excluding hydrogens is 420 g/mol. The fourth-order valence-corrected chi connectivity index (χ4v) is 4.26. The van der Waals surface area contributed by atoms with Crippen LogP contribution in [-0.4, -0.2) is 38.6 Å². The molecular formula is C24H20N6OS. The van der Waals surface area contributed by atoms with Crippen LogP contribution in [0.4, 0.5) is 5.69 Å². The maximum absolute atomic E-state index is 13.0. The van der Waals surface area contributed by atoms with Crippen molar-refractivity contribution in [3.8, 4) is 23.2 Å². The predicted octanol–water partition coefficient (Wildman–Crippen LogP) is 4.27. The molecule has 1 aliphatic rings. The Labute approximate surface area is 189 Å². The topological polar surface area (TPSA) is 87.7 Å². The van der Waals surface area contributed by atoms with Crippen LogP contribution in [0.15, 0.2) is 53.9 Å². The Morgan fingerprint density at radius 3 is 2.72 bits per heavy atom. The van der Waals surface area contributed by atoms with Gasteiger partial charge in [0.05, 0.1) is 5.69 Å². The van der Waals surface area contributed by atoms with Crippen molar-refractivity contribution in [3.05, 3.63) is 75.7 Å². The molecule has 2 aromatic carbocycles. The molecule has 0 bridgehead atoms. The van der Waals surface area contributed by atoms with E-state index in [0.717, 1.165) is 21.8 Å². The number of benzene rings is 2. The molecule has 0 radical (unpaired) electrons. The van der Waals surface area contributed by atoms with Gasteiger partial charge in [0.2, 0.25) is 5.82 Å². The van der Waals surface area contributed by atoms with E-state index >= 15 is 0 Å². The highest BCUT2D eigenvalue weighted by Gasteiger charge is 2.21. The molecule has 0 atom stereocenters. The fourth-order valence-electron chi connectivity index (χ4n) is 3.51. The van der Waals surface area contributed by atoms with Crippen LogP contribution in [-0.2, 0) is 0 Å². The highest BCUT2D eigenvalue weighted by atomic mass is 32.1. The lowest BCUT2D eigenvalue weighted by Crippen LogP contribution is -2.26. The maximum atomic E-state index is 13.0. The number of carbonyl (C=O) groups is 1. The normalized spacial score (nSPS) is 13.2. The Hall–Kier alpha value is -3.83. The van der Waals surface area contributed by atoms with Crippen molar-refractivity contribution in [2.24, 2.45) is 0 Å². The van der Waals surface area contributed by atoms with Crippen LogP contribution in [0.25, 0.3) is 11.4 Å². The SMILES string of the molecule is CN(C(=O)c1ccc(-c2nn[nH]n2)cc1)c1cccc(C#Cc2nc(C3CCC3)cs2)c1. The quantitative estimate of drug-likeness (QED) is 0.479. The number of carbonyl (C=O) groups excluding carboxylic acids is 1. The number of aromatic amines is 1. The Balaban J connectivity index is 1.30. The summed E-state index contributed by atoms with van der Waals surface area (Å²) in [6.45, 7) is 0. The van der Waals surface area contributed by atoms with E-state index in [9.17, 15) is 4.79 Å². The van der Waals surface area contributed by atoms with E-state index in [1.54, 1.807) is 47.5 Å². The van der Waals surface area contributed by atoms with Crippen molar-refractivity contribution >= 4 is 22.9 Å². The van der Waals surface area contributed by atoms with Crippen molar-refractivity contribution in [3.63, 3.8) is 0 Å². The molecule has 2 aromatic heterocycles. The Morgan fingerprint density at radius 2 is 2.00 bits per heavy atom. The number of aromatic nitrogens is 5. The van der Waals surface area contributed by atoms with Crippen molar-refractivity contribution in [1.82, 2.24) is 25.6 Å². The van der Waals surface area contributed by atoms with Crippen LogP contribution in [0.1, 0.15) is 51.8 Å². The smallest absolute Gasteiger partial charge is 0.258 e. The van der Waals surface area contributed by atoms with Gasteiger partial charge in [0, 0.05) is 40.7 Å². The molecule has 5 rings (SSSR count). The highest BCUT2D eigenvalue weighted by molar-refractivity contribution is 7.10.